The van der Waals surface area contributed by atoms with Gasteiger partial charge in [-0.1, -0.05) is 31.3 Å². The molecule has 0 spiro atoms. The molecule has 1 aliphatic rings. The summed E-state index contributed by atoms with van der Waals surface area (Å²) in [6.07, 6.45) is 6.27. The Balaban J connectivity index is 2.06. The zero-order valence-electron chi connectivity index (χ0n) is 12.2. The average Bonchev–Trinajstić information content (AvgIpc) is 2.91. The Labute approximate surface area is 115 Å². The molecule has 1 saturated carbocycles. The Bertz CT molecular complexity index is 375. The van der Waals surface area contributed by atoms with Crippen molar-refractivity contribution in [1.29, 1.82) is 0 Å². The minimum Gasteiger partial charge on any atom is -0.373 e. The molecule has 2 atom stereocenters. The van der Waals surface area contributed by atoms with E-state index in [1.807, 2.05) is 6.92 Å². The van der Waals surface area contributed by atoms with E-state index in [9.17, 15) is 0 Å². The molecule has 5 nitrogen and oxygen atoms in total. The number of hydrogen-bond acceptors (Lipinski definition) is 5. The highest BCUT2D eigenvalue weighted by atomic mass is 16.5. The van der Waals surface area contributed by atoms with Crippen molar-refractivity contribution >= 4 is 0 Å². The van der Waals surface area contributed by atoms with Crippen LogP contribution in [0.25, 0.3) is 0 Å². The molecule has 0 radical (unpaired) electrons. The highest BCUT2D eigenvalue weighted by molar-refractivity contribution is 4.97. The smallest absolute Gasteiger partial charge is 0.243 e. The van der Waals surface area contributed by atoms with E-state index in [1.54, 1.807) is 7.11 Å². The van der Waals surface area contributed by atoms with Crippen molar-refractivity contribution < 1.29 is 9.26 Å². The van der Waals surface area contributed by atoms with Crippen LogP contribution in [0, 0.1) is 5.92 Å². The van der Waals surface area contributed by atoms with E-state index in [4.69, 9.17) is 9.26 Å². The highest BCUT2D eigenvalue weighted by Gasteiger charge is 2.29. The highest BCUT2D eigenvalue weighted by Crippen LogP contribution is 2.35. The SMILES string of the molecule is CCNC(C)c1nc(C(OC)C2CCCCC2)no1. The summed E-state index contributed by atoms with van der Waals surface area (Å²) in [6, 6.07) is 0.0927. The Morgan fingerprint density at radius 3 is 2.74 bits per heavy atom. The van der Waals surface area contributed by atoms with Gasteiger partial charge in [0.15, 0.2) is 0 Å². The van der Waals surface area contributed by atoms with Crippen molar-refractivity contribution in [3.05, 3.63) is 11.7 Å². The lowest BCUT2D eigenvalue weighted by atomic mass is 9.85. The molecule has 0 bridgehead atoms. The molecule has 1 aromatic heterocycles. The molecule has 0 saturated heterocycles. The molecule has 0 aromatic carbocycles. The van der Waals surface area contributed by atoms with Crippen molar-refractivity contribution in [2.75, 3.05) is 13.7 Å². The van der Waals surface area contributed by atoms with Crippen LogP contribution in [0.2, 0.25) is 0 Å². The van der Waals surface area contributed by atoms with Gasteiger partial charge in [-0.25, -0.2) is 0 Å². The summed E-state index contributed by atoms with van der Waals surface area (Å²) in [4.78, 5) is 4.51. The maximum Gasteiger partial charge on any atom is 0.243 e. The summed E-state index contributed by atoms with van der Waals surface area (Å²) in [5.41, 5.74) is 0. The van der Waals surface area contributed by atoms with Crippen molar-refractivity contribution in [2.24, 2.45) is 5.92 Å². The van der Waals surface area contributed by atoms with Crippen molar-refractivity contribution in [3.63, 3.8) is 0 Å². The maximum atomic E-state index is 5.62. The first-order valence-corrected chi connectivity index (χ1v) is 7.36. The van der Waals surface area contributed by atoms with Crippen LogP contribution < -0.4 is 5.32 Å². The first-order valence-electron chi connectivity index (χ1n) is 7.36. The maximum absolute atomic E-state index is 5.62. The van der Waals surface area contributed by atoms with Gasteiger partial charge in [0.2, 0.25) is 11.7 Å². The lowest BCUT2D eigenvalue weighted by Crippen LogP contribution is -2.20. The molecule has 1 aromatic rings. The summed E-state index contributed by atoms with van der Waals surface area (Å²) in [5.74, 6) is 1.88. The molecule has 2 unspecified atom stereocenters. The molecule has 1 aliphatic carbocycles. The van der Waals surface area contributed by atoms with E-state index in [-0.39, 0.29) is 12.1 Å². The van der Waals surface area contributed by atoms with E-state index >= 15 is 0 Å². The van der Waals surface area contributed by atoms with Crippen LogP contribution in [0.5, 0.6) is 0 Å². The van der Waals surface area contributed by atoms with Gasteiger partial charge in [-0.2, -0.15) is 4.98 Å². The quantitative estimate of drug-likeness (QED) is 0.858. The number of aromatic nitrogens is 2. The van der Waals surface area contributed by atoms with E-state index in [0.717, 1.165) is 6.54 Å². The number of nitrogens with one attached hydrogen (secondary N) is 1. The summed E-state index contributed by atoms with van der Waals surface area (Å²) < 4.78 is 11.0. The van der Waals surface area contributed by atoms with Gasteiger partial charge < -0.3 is 14.6 Å². The number of hydrogen-bond donors (Lipinski definition) is 1. The fourth-order valence-electron chi connectivity index (χ4n) is 2.88. The van der Waals surface area contributed by atoms with Gasteiger partial charge in [-0.3, -0.25) is 0 Å². The fraction of sp³-hybridized carbons (Fsp3) is 0.857. The zero-order chi connectivity index (χ0) is 13.7. The first kappa shape index (κ1) is 14.5. The predicted octanol–water partition coefficient (Wildman–Crippen LogP) is 3.01. The van der Waals surface area contributed by atoms with Crippen LogP contribution in [0.3, 0.4) is 0 Å². The normalized spacial score (nSPS) is 20.4. The summed E-state index contributed by atoms with van der Waals surface area (Å²) in [6.45, 7) is 4.98. The summed E-state index contributed by atoms with van der Waals surface area (Å²) in [5, 5.41) is 7.39. The number of nitrogens with zero attached hydrogens (tertiary/aromatic N) is 2. The molecule has 19 heavy (non-hydrogen) atoms. The zero-order valence-corrected chi connectivity index (χ0v) is 12.2. The third-order valence-electron chi connectivity index (χ3n) is 3.92. The molecule has 1 fully saturated rings. The minimum atomic E-state index is -0.0216. The third kappa shape index (κ3) is 3.54. The molecule has 0 amide bonds. The lowest BCUT2D eigenvalue weighted by molar-refractivity contribution is 0.0273. The van der Waals surface area contributed by atoms with Crippen LogP contribution in [0.15, 0.2) is 4.52 Å². The topological polar surface area (TPSA) is 60.2 Å². The third-order valence-corrected chi connectivity index (χ3v) is 3.92. The van der Waals surface area contributed by atoms with E-state index in [1.165, 1.54) is 32.1 Å². The van der Waals surface area contributed by atoms with Gasteiger partial charge >= 0.3 is 0 Å². The Kier molecular flexibility index (Phi) is 5.34. The molecular weight excluding hydrogens is 242 g/mol. The largest absolute Gasteiger partial charge is 0.373 e. The van der Waals surface area contributed by atoms with Gasteiger partial charge in [0.25, 0.3) is 0 Å². The Hall–Kier alpha value is -0.940. The number of rotatable bonds is 6. The summed E-state index contributed by atoms with van der Waals surface area (Å²) in [7, 11) is 1.74. The van der Waals surface area contributed by atoms with Gasteiger partial charge in [-0.15, -0.1) is 0 Å². The first-order chi connectivity index (χ1) is 9.26. The number of ether oxygens (including phenoxy) is 1. The van der Waals surface area contributed by atoms with Crippen LogP contribution in [-0.2, 0) is 4.74 Å². The monoisotopic (exact) mass is 267 g/mol. The van der Waals surface area contributed by atoms with Gasteiger partial charge in [0.05, 0.1) is 6.04 Å². The molecule has 0 aliphatic heterocycles. The molecule has 5 heteroatoms. The molecular formula is C14H25N3O2. The summed E-state index contributed by atoms with van der Waals surface area (Å²) >= 11 is 0. The Morgan fingerprint density at radius 1 is 1.37 bits per heavy atom. The second kappa shape index (κ2) is 7.01. The molecule has 108 valence electrons. The molecule has 1 heterocycles. The van der Waals surface area contributed by atoms with E-state index in [0.29, 0.717) is 17.6 Å². The Morgan fingerprint density at radius 2 is 2.11 bits per heavy atom. The van der Waals surface area contributed by atoms with E-state index < -0.39 is 0 Å². The van der Waals surface area contributed by atoms with Gasteiger partial charge in [0.1, 0.15) is 6.10 Å². The second-order valence-electron chi connectivity index (χ2n) is 5.32. The predicted molar refractivity (Wildman–Crippen MR) is 72.7 cm³/mol. The number of methoxy groups -OCH3 is 1. The van der Waals surface area contributed by atoms with Gasteiger partial charge in [0, 0.05) is 7.11 Å². The molecule has 2 rings (SSSR count). The van der Waals surface area contributed by atoms with Gasteiger partial charge in [-0.05, 0) is 32.2 Å². The van der Waals surface area contributed by atoms with Crippen LogP contribution in [0.4, 0.5) is 0 Å². The standard InChI is InChI=1S/C14H25N3O2/c1-4-15-10(2)14-16-13(17-19-14)12(18-3)11-8-6-5-7-9-11/h10-12,15H,4-9H2,1-3H3. The van der Waals surface area contributed by atoms with Crippen molar-refractivity contribution in [2.45, 2.75) is 58.1 Å². The molecule has 1 N–H and O–H groups in total. The minimum absolute atomic E-state index is 0.0216. The van der Waals surface area contributed by atoms with Crippen LogP contribution in [0.1, 0.15) is 69.8 Å². The van der Waals surface area contributed by atoms with Crippen molar-refractivity contribution in [1.82, 2.24) is 15.5 Å². The average molecular weight is 267 g/mol. The second-order valence-corrected chi connectivity index (χ2v) is 5.32. The lowest BCUT2D eigenvalue weighted by Gasteiger charge is -2.26. The van der Waals surface area contributed by atoms with Crippen LogP contribution in [-0.4, -0.2) is 23.8 Å². The fourth-order valence-corrected chi connectivity index (χ4v) is 2.88. The van der Waals surface area contributed by atoms with Crippen molar-refractivity contribution in [3.8, 4) is 0 Å². The van der Waals surface area contributed by atoms with Crippen LogP contribution >= 0.6 is 0 Å². The van der Waals surface area contributed by atoms with E-state index in [2.05, 4.69) is 22.4 Å².